The maximum absolute atomic E-state index is 5.56. The summed E-state index contributed by atoms with van der Waals surface area (Å²) in [6.45, 7) is 2.98. The van der Waals surface area contributed by atoms with Gasteiger partial charge in [0.1, 0.15) is 6.33 Å². The van der Waals surface area contributed by atoms with Gasteiger partial charge in [-0.1, -0.05) is 32.6 Å². The average Bonchev–Trinajstić information content (AvgIpc) is 2.25. The van der Waals surface area contributed by atoms with Crippen LogP contribution in [0.4, 0.5) is 0 Å². The number of hydrogen-bond donors (Lipinski definition) is 0. The highest BCUT2D eigenvalue weighted by Crippen LogP contribution is 2.15. The van der Waals surface area contributed by atoms with Crippen molar-refractivity contribution in [1.82, 2.24) is 9.97 Å². The largest absolute Gasteiger partial charge is 0.477 e. The molecule has 0 aliphatic carbocycles. The average molecular weight is 320 g/mol. The van der Waals surface area contributed by atoms with Crippen molar-refractivity contribution in [2.24, 2.45) is 0 Å². The normalized spacial score (nSPS) is 10.3. The van der Waals surface area contributed by atoms with E-state index in [0.29, 0.717) is 5.88 Å². The van der Waals surface area contributed by atoms with Gasteiger partial charge in [0.15, 0.2) is 0 Å². The summed E-state index contributed by atoms with van der Waals surface area (Å²) < 4.78 is 6.53. The van der Waals surface area contributed by atoms with Crippen molar-refractivity contribution in [1.29, 1.82) is 0 Å². The molecule has 0 bridgehead atoms. The van der Waals surface area contributed by atoms with Gasteiger partial charge in [0.25, 0.3) is 0 Å². The predicted molar refractivity (Wildman–Crippen MR) is 69.0 cm³/mol. The molecule has 0 aromatic carbocycles. The Morgan fingerprint density at radius 2 is 2.07 bits per heavy atom. The van der Waals surface area contributed by atoms with Gasteiger partial charge in [-0.2, -0.15) is 0 Å². The molecule has 0 amide bonds. The predicted octanol–water partition coefficient (Wildman–Crippen LogP) is 3.43. The molecule has 0 aliphatic heterocycles. The lowest BCUT2D eigenvalue weighted by atomic mass is 10.2. The van der Waals surface area contributed by atoms with E-state index in [9.17, 15) is 0 Å². The smallest absolute Gasteiger partial charge is 0.230 e. The third-order valence-corrected chi connectivity index (χ3v) is 2.86. The van der Waals surface area contributed by atoms with E-state index in [1.807, 2.05) is 0 Å². The molecule has 15 heavy (non-hydrogen) atoms. The Bertz CT molecular complexity index is 281. The molecule has 0 aliphatic rings. The van der Waals surface area contributed by atoms with Gasteiger partial charge in [0.2, 0.25) is 5.88 Å². The molecule has 0 fully saturated rings. The topological polar surface area (TPSA) is 35.0 Å². The molecule has 0 saturated carbocycles. The minimum atomic E-state index is 0.709. The van der Waals surface area contributed by atoms with E-state index in [1.54, 1.807) is 6.20 Å². The Kier molecular flexibility index (Phi) is 6.63. The highest BCUT2D eigenvalue weighted by molar-refractivity contribution is 14.1. The van der Waals surface area contributed by atoms with Gasteiger partial charge < -0.3 is 4.74 Å². The van der Waals surface area contributed by atoms with Crippen LogP contribution >= 0.6 is 22.6 Å². The molecule has 3 nitrogen and oxygen atoms in total. The van der Waals surface area contributed by atoms with E-state index in [0.717, 1.165) is 16.6 Å². The van der Waals surface area contributed by atoms with Crippen molar-refractivity contribution in [2.75, 3.05) is 6.61 Å². The Labute approximate surface area is 105 Å². The van der Waals surface area contributed by atoms with Crippen molar-refractivity contribution >= 4 is 22.6 Å². The summed E-state index contributed by atoms with van der Waals surface area (Å²) in [5.41, 5.74) is 0. The Balaban J connectivity index is 2.12. The summed E-state index contributed by atoms with van der Waals surface area (Å²) >= 11 is 2.18. The van der Waals surface area contributed by atoms with Crippen LogP contribution in [0.15, 0.2) is 12.5 Å². The van der Waals surface area contributed by atoms with E-state index in [-0.39, 0.29) is 0 Å². The van der Waals surface area contributed by atoms with E-state index in [1.165, 1.54) is 32.0 Å². The number of unbranched alkanes of at least 4 members (excludes halogenated alkanes) is 4. The first-order chi connectivity index (χ1) is 7.34. The molecule has 1 heterocycles. The summed E-state index contributed by atoms with van der Waals surface area (Å²) in [6.07, 6.45) is 9.56. The lowest BCUT2D eigenvalue weighted by molar-refractivity contribution is 0.290. The zero-order chi connectivity index (χ0) is 10.9. The zero-order valence-corrected chi connectivity index (χ0v) is 11.2. The van der Waals surface area contributed by atoms with Crippen LogP contribution < -0.4 is 4.74 Å². The fourth-order valence-corrected chi connectivity index (χ4v) is 1.74. The molecule has 4 heteroatoms. The maximum atomic E-state index is 5.56. The molecule has 1 aromatic heterocycles. The second kappa shape index (κ2) is 7.84. The fraction of sp³-hybridized carbons (Fsp3) is 0.636. The Morgan fingerprint density at radius 1 is 1.27 bits per heavy atom. The highest BCUT2D eigenvalue weighted by atomic mass is 127. The number of rotatable bonds is 7. The van der Waals surface area contributed by atoms with Gasteiger partial charge in [-0.25, -0.2) is 9.97 Å². The van der Waals surface area contributed by atoms with E-state index >= 15 is 0 Å². The van der Waals surface area contributed by atoms with Crippen LogP contribution in [0.25, 0.3) is 0 Å². The molecule has 0 unspecified atom stereocenters. The molecular weight excluding hydrogens is 303 g/mol. The quantitative estimate of drug-likeness (QED) is 0.570. The molecule has 1 aromatic rings. The SMILES string of the molecule is CCCCCCCOc1ncncc1I. The third kappa shape index (κ3) is 5.30. The molecule has 0 spiro atoms. The first-order valence-corrected chi connectivity index (χ1v) is 6.50. The Morgan fingerprint density at radius 3 is 2.80 bits per heavy atom. The van der Waals surface area contributed by atoms with Gasteiger partial charge in [0.05, 0.1) is 10.2 Å². The standard InChI is InChI=1S/C11H17IN2O/c1-2-3-4-5-6-7-15-11-10(12)8-13-9-14-11/h8-9H,2-7H2,1H3. The summed E-state index contributed by atoms with van der Waals surface area (Å²) in [4.78, 5) is 7.99. The van der Waals surface area contributed by atoms with Gasteiger partial charge >= 0.3 is 0 Å². The number of aromatic nitrogens is 2. The number of hydrogen-bond acceptors (Lipinski definition) is 3. The summed E-state index contributed by atoms with van der Waals surface area (Å²) in [5.74, 6) is 0.709. The van der Waals surface area contributed by atoms with E-state index in [4.69, 9.17) is 4.74 Å². The second-order valence-electron chi connectivity index (χ2n) is 3.44. The van der Waals surface area contributed by atoms with Crippen LogP contribution in [0.3, 0.4) is 0 Å². The van der Waals surface area contributed by atoms with Gasteiger partial charge in [0, 0.05) is 6.20 Å². The molecule has 84 valence electrons. The zero-order valence-electron chi connectivity index (χ0n) is 9.08. The van der Waals surface area contributed by atoms with E-state index in [2.05, 4.69) is 39.5 Å². The minimum Gasteiger partial charge on any atom is -0.477 e. The summed E-state index contributed by atoms with van der Waals surface area (Å²) in [7, 11) is 0. The van der Waals surface area contributed by atoms with Crippen LogP contribution in [-0.4, -0.2) is 16.6 Å². The van der Waals surface area contributed by atoms with Crippen molar-refractivity contribution in [3.8, 4) is 5.88 Å². The number of ether oxygens (including phenoxy) is 1. The number of halogens is 1. The van der Waals surface area contributed by atoms with Crippen LogP contribution in [0.1, 0.15) is 39.0 Å². The molecule has 0 radical (unpaired) electrons. The maximum Gasteiger partial charge on any atom is 0.230 e. The molecule has 1 rings (SSSR count). The molecular formula is C11H17IN2O. The minimum absolute atomic E-state index is 0.709. The fourth-order valence-electron chi connectivity index (χ4n) is 1.28. The van der Waals surface area contributed by atoms with Crippen LogP contribution in [0.5, 0.6) is 5.88 Å². The lowest BCUT2D eigenvalue weighted by Gasteiger charge is -2.05. The van der Waals surface area contributed by atoms with Crippen molar-refractivity contribution < 1.29 is 4.74 Å². The first kappa shape index (κ1) is 12.7. The van der Waals surface area contributed by atoms with Crippen LogP contribution in [0, 0.1) is 3.57 Å². The van der Waals surface area contributed by atoms with Crippen LogP contribution in [0.2, 0.25) is 0 Å². The van der Waals surface area contributed by atoms with Crippen molar-refractivity contribution in [3.05, 3.63) is 16.1 Å². The van der Waals surface area contributed by atoms with Crippen molar-refractivity contribution in [2.45, 2.75) is 39.0 Å². The first-order valence-electron chi connectivity index (χ1n) is 5.43. The molecule has 0 N–H and O–H groups in total. The molecule has 0 atom stereocenters. The van der Waals surface area contributed by atoms with Gasteiger partial charge in [-0.15, -0.1) is 0 Å². The third-order valence-electron chi connectivity index (χ3n) is 2.12. The Hall–Kier alpha value is -0.390. The summed E-state index contributed by atoms with van der Waals surface area (Å²) in [5, 5.41) is 0. The highest BCUT2D eigenvalue weighted by Gasteiger charge is 2.00. The molecule has 0 saturated heterocycles. The monoisotopic (exact) mass is 320 g/mol. The summed E-state index contributed by atoms with van der Waals surface area (Å²) in [6, 6.07) is 0. The number of nitrogens with zero attached hydrogens (tertiary/aromatic N) is 2. The van der Waals surface area contributed by atoms with Gasteiger partial charge in [-0.05, 0) is 29.0 Å². The second-order valence-corrected chi connectivity index (χ2v) is 4.60. The van der Waals surface area contributed by atoms with E-state index < -0.39 is 0 Å². The lowest BCUT2D eigenvalue weighted by Crippen LogP contribution is -2.01. The van der Waals surface area contributed by atoms with Crippen LogP contribution in [-0.2, 0) is 0 Å². The van der Waals surface area contributed by atoms with Crippen molar-refractivity contribution in [3.63, 3.8) is 0 Å². The van der Waals surface area contributed by atoms with Gasteiger partial charge in [-0.3, -0.25) is 0 Å².